The van der Waals surface area contributed by atoms with E-state index >= 15 is 0 Å². The van der Waals surface area contributed by atoms with Crippen LogP contribution >= 0.6 is 0 Å². The zero-order valence-corrected chi connectivity index (χ0v) is 14.0. The third-order valence-corrected chi connectivity index (χ3v) is 5.79. The lowest BCUT2D eigenvalue weighted by atomic mass is 10.0. The number of hydrogen-bond donors (Lipinski definition) is 0. The normalized spacial score (nSPS) is 26.8. The van der Waals surface area contributed by atoms with E-state index in [0.29, 0.717) is 24.4 Å². The highest BCUT2D eigenvalue weighted by Crippen LogP contribution is 2.36. The Bertz CT molecular complexity index is 603. The average molecular weight is 314 g/mol. The summed E-state index contributed by atoms with van der Waals surface area (Å²) in [5.74, 6) is 1.47. The van der Waals surface area contributed by atoms with Crippen LogP contribution in [0.25, 0.3) is 0 Å². The summed E-state index contributed by atoms with van der Waals surface area (Å²) >= 11 is 0. The lowest BCUT2D eigenvalue weighted by molar-refractivity contribution is -0.132. The van der Waals surface area contributed by atoms with Crippen LogP contribution in [0.15, 0.2) is 6.33 Å². The average Bonchev–Trinajstić information content (AvgIpc) is 3.31. The minimum atomic E-state index is 0.312. The fourth-order valence-electron chi connectivity index (χ4n) is 4.75. The Morgan fingerprint density at radius 2 is 1.96 bits per heavy atom. The molecule has 0 bridgehead atoms. The molecule has 3 aliphatic rings. The molecule has 1 aliphatic carbocycles. The first-order valence-corrected chi connectivity index (χ1v) is 9.18. The molecule has 1 aromatic heterocycles. The summed E-state index contributed by atoms with van der Waals surface area (Å²) in [5, 5.41) is 0. The maximum absolute atomic E-state index is 12.3. The van der Waals surface area contributed by atoms with Gasteiger partial charge in [-0.3, -0.25) is 4.79 Å². The molecule has 5 heteroatoms. The predicted molar refractivity (Wildman–Crippen MR) is 89.5 cm³/mol. The first-order valence-electron chi connectivity index (χ1n) is 9.18. The van der Waals surface area contributed by atoms with Crippen molar-refractivity contribution in [2.45, 2.75) is 70.4 Å². The van der Waals surface area contributed by atoms with Gasteiger partial charge in [-0.2, -0.15) is 0 Å². The van der Waals surface area contributed by atoms with E-state index in [0.717, 1.165) is 44.6 Å². The van der Waals surface area contributed by atoms with Crippen LogP contribution in [-0.2, 0) is 17.6 Å². The van der Waals surface area contributed by atoms with Crippen LogP contribution < -0.4 is 4.90 Å². The molecule has 124 valence electrons. The molecule has 2 aliphatic heterocycles. The molecule has 23 heavy (non-hydrogen) atoms. The molecule has 0 aromatic carbocycles. The van der Waals surface area contributed by atoms with Crippen LogP contribution in [-0.4, -0.2) is 45.9 Å². The van der Waals surface area contributed by atoms with E-state index in [1.165, 1.54) is 30.5 Å². The van der Waals surface area contributed by atoms with Gasteiger partial charge in [0.2, 0.25) is 5.91 Å². The molecular weight excluding hydrogens is 288 g/mol. The highest BCUT2D eigenvalue weighted by Gasteiger charge is 2.40. The van der Waals surface area contributed by atoms with Gasteiger partial charge < -0.3 is 9.80 Å². The monoisotopic (exact) mass is 314 g/mol. The summed E-state index contributed by atoms with van der Waals surface area (Å²) in [6, 6.07) is 0.810. The van der Waals surface area contributed by atoms with E-state index < -0.39 is 0 Å². The highest BCUT2D eigenvalue weighted by atomic mass is 16.2. The number of likely N-dealkylation sites (tertiary alicyclic amines) is 1. The molecule has 0 saturated carbocycles. The van der Waals surface area contributed by atoms with Crippen LogP contribution in [0.1, 0.15) is 56.7 Å². The van der Waals surface area contributed by atoms with Crippen molar-refractivity contribution >= 4 is 11.7 Å². The number of amides is 1. The van der Waals surface area contributed by atoms with E-state index in [1.807, 2.05) is 6.92 Å². The summed E-state index contributed by atoms with van der Waals surface area (Å²) in [6.07, 6.45) is 10.4. The summed E-state index contributed by atoms with van der Waals surface area (Å²) in [5.41, 5.74) is 2.61. The van der Waals surface area contributed by atoms with Gasteiger partial charge in [0.05, 0.1) is 12.1 Å². The number of hydrogen-bond acceptors (Lipinski definition) is 4. The van der Waals surface area contributed by atoms with Crippen molar-refractivity contribution in [2.24, 2.45) is 0 Å². The summed E-state index contributed by atoms with van der Waals surface area (Å²) in [6.45, 7) is 3.98. The molecule has 0 spiro atoms. The number of carbonyl (C=O) groups is 1. The first kappa shape index (κ1) is 14.9. The van der Waals surface area contributed by atoms with E-state index in [2.05, 4.69) is 19.8 Å². The molecule has 1 aromatic rings. The Morgan fingerprint density at radius 3 is 2.83 bits per heavy atom. The van der Waals surface area contributed by atoms with Crippen molar-refractivity contribution in [2.75, 3.05) is 18.0 Å². The number of anilines is 1. The predicted octanol–water partition coefficient (Wildman–Crippen LogP) is 2.34. The van der Waals surface area contributed by atoms with E-state index in [4.69, 9.17) is 0 Å². The maximum atomic E-state index is 12.3. The second kappa shape index (κ2) is 6.10. The van der Waals surface area contributed by atoms with Crippen LogP contribution in [0.2, 0.25) is 0 Å². The van der Waals surface area contributed by atoms with Crippen LogP contribution in [0.4, 0.5) is 5.82 Å². The molecule has 2 fully saturated rings. The van der Waals surface area contributed by atoms with Gasteiger partial charge in [-0.1, -0.05) is 6.92 Å². The topological polar surface area (TPSA) is 49.3 Å². The lowest BCUT2D eigenvalue weighted by Crippen LogP contribution is -2.48. The van der Waals surface area contributed by atoms with Crippen LogP contribution in [0, 0.1) is 0 Å². The summed E-state index contributed by atoms with van der Waals surface area (Å²) in [7, 11) is 0. The Hall–Kier alpha value is -1.65. The third kappa shape index (κ3) is 2.50. The van der Waals surface area contributed by atoms with Crippen LogP contribution in [0.5, 0.6) is 0 Å². The zero-order valence-electron chi connectivity index (χ0n) is 14.0. The third-order valence-electron chi connectivity index (χ3n) is 5.79. The number of aryl methyl sites for hydroxylation is 1. The molecule has 0 unspecified atom stereocenters. The van der Waals surface area contributed by atoms with Gasteiger partial charge in [-0.15, -0.1) is 0 Å². The van der Waals surface area contributed by atoms with Gasteiger partial charge in [0.1, 0.15) is 12.1 Å². The smallest absolute Gasteiger partial charge is 0.222 e. The fraction of sp³-hybridized carbons (Fsp3) is 0.722. The minimum Gasteiger partial charge on any atom is -0.351 e. The van der Waals surface area contributed by atoms with Gasteiger partial charge in [0.15, 0.2) is 0 Å². The Morgan fingerprint density at radius 1 is 1.13 bits per heavy atom. The van der Waals surface area contributed by atoms with Crippen molar-refractivity contribution in [1.82, 2.24) is 14.9 Å². The molecule has 3 heterocycles. The second-order valence-electron chi connectivity index (χ2n) is 7.03. The van der Waals surface area contributed by atoms with Gasteiger partial charge in [0.25, 0.3) is 0 Å². The van der Waals surface area contributed by atoms with Gasteiger partial charge in [-0.05, 0) is 44.9 Å². The molecule has 2 saturated heterocycles. The number of carbonyl (C=O) groups excluding carboxylic acids is 1. The van der Waals surface area contributed by atoms with Crippen molar-refractivity contribution in [1.29, 1.82) is 0 Å². The van der Waals surface area contributed by atoms with Crippen LogP contribution in [0.3, 0.4) is 0 Å². The molecule has 5 nitrogen and oxygen atoms in total. The maximum Gasteiger partial charge on any atom is 0.222 e. The van der Waals surface area contributed by atoms with E-state index in [-0.39, 0.29) is 0 Å². The largest absolute Gasteiger partial charge is 0.351 e. The standard InChI is InChI=1S/C18H26N4O/c1-2-17(23)21-10-4-8-15(21)16-9-5-11-22(16)18-13-6-3-7-14(13)19-12-20-18/h12,15-16H,2-11H2,1H3/t15-,16+/m0/s1. The van der Waals surface area contributed by atoms with Gasteiger partial charge in [0, 0.05) is 30.8 Å². The second-order valence-corrected chi connectivity index (χ2v) is 7.03. The molecule has 0 N–H and O–H groups in total. The van der Waals surface area contributed by atoms with Crippen molar-refractivity contribution < 1.29 is 4.79 Å². The zero-order chi connectivity index (χ0) is 15.8. The Balaban J connectivity index is 1.62. The molecular formula is C18H26N4O. The number of nitrogens with zero attached hydrogens (tertiary/aromatic N) is 4. The Labute approximate surface area is 138 Å². The number of rotatable bonds is 3. The molecule has 1 amide bonds. The van der Waals surface area contributed by atoms with Gasteiger partial charge in [-0.25, -0.2) is 9.97 Å². The highest BCUT2D eigenvalue weighted by molar-refractivity contribution is 5.76. The SMILES string of the molecule is CCC(=O)N1CCC[C@H]1[C@H]1CCCN1c1ncnc2c1CCC2. The van der Waals surface area contributed by atoms with Crippen molar-refractivity contribution in [3.05, 3.63) is 17.6 Å². The van der Waals surface area contributed by atoms with Gasteiger partial charge >= 0.3 is 0 Å². The van der Waals surface area contributed by atoms with E-state index in [1.54, 1.807) is 6.33 Å². The number of aromatic nitrogens is 2. The van der Waals surface area contributed by atoms with Crippen molar-refractivity contribution in [3.8, 4) is 0 Å². The van der Waals surface area contributed by atoms with E-state index in [9.17, 15) is 4.79 Å². The lowest BCUT2D eigenvalue weighted by Gasteiger charge is -2.36. The minimum absolute atomic E-state index is 0.312. The van der Waals surface area contributed by atoms with Crippen molar-refractivity contribution in [3.63, 3.8) is 0 Å². The first-order chi connectivity index (χ1) is 11.3. The summed E-state index contributed by atoms with van der Waals surface area (Å²) < 4.78 is 0. The molecule has 2 atom stereocenters. The molecule has 4 rings (SSSR count). The summed E-state index contributed by atoms with van der Waals surface area (Å²) in [4.78, 5) is 26.1. The Kier molecular flexibility index (Phi) is 3.95. The fourth-order valence-corrected chi connectivity index (χ4v) is 4.75. The number of fused-ring (bicyclic) bond motifs is 1. The quantitative estimate of drug-likeness (QED) is 0.859. The molecule has 0 radical (unpaired) electrons.